The van der Waals surface area contributed by atoms with Crippen LogP contribution in [0.3, 0.4) is 0 Å². The first-order valence-corrected chi connectivity index (χ1v) is 7.25. The summed E-state index contributed by atoms with van der Waals surface area (Å²) < 4.78 is 0. The summed E-state index contributed by atoms with van der Waals surface area (Å²) in [6.45, 7) is 1.93. The number of carbonyl (C=O) groups excluding carboxylic acids is 2. The lowest BCUT2D eigenvalue weighted by atomic mass is 9.81. The van der Waals surface area contributed by atoms with Crippen LogP contribution < -0.4 is 10.6 Å². The first-order valence-electron chi connectivity index (χ1n) is 7.25. The molecule has 2 aliphatic rings. The zero-order chi connectivity index (χ0) is 16.0. The fourth-order valence-electron chi connectivity index (χ4n) is 3.46. The molecule has 2 aliphatic heterocycles. The number of benzene rings is 1. The maximum Gasteiger partial charge on any atom is 0.319 e. The number of hydrogen-bond donors (Lipinski definition) is 3. The molecule has 2 saturated heterocycles. The maximum absolute atomic E-state index is 12.3. The van der Waals surface area contributed by atoms with Gasteiger partial charge in [-0.15, -0.1) is 0 Å². The summed E-state index contributed by atoms with van der Waals surface area (Å²) in [6.07, 6.45) is -0.375. The van der Waals surface area contributed by atoms with Crippen molar-refractivity contribution < 1.29 is 14.7 Å². The number of urea groups is 2. The van der Waals surface area contributed by atoms with E-state index in [0.717, 1.165) is 5.56 Å². The quantitative estimate of drug-likeness (QED) is 0.725. The third kappa shape index (κ3) is 2.13. The Balaban J connectivity index is 2.05. The standard InChI is InChI=1S/C15H20N4O3/c1-8-11-12(9-5-4-6-10(20)7-9)18(2)15(22)17-13(11)19(3)14(21)16-8/h4-8,11-13,20H,1-3H3,(H,16,21)(H,17,22)/t8-,11-,12-,13+/m0/s1. The molecule has 7 heteroatoms. The van der Waals surface area contributed by atoms with Gasteiger partial charge in [-0.2, -0.15) is 0 Å². The van der Waals surface area contributed by atoms with Crippen LogP contribution in [0.4, 0.5) is 9.59 Å². The molecule has 2 heterocycles. The van der Waals surface area contributed by atoms with Gasteiger partial charge in [-0.05, 0) is 24.6 Å². The predicted octanol–water partition coefficient (Wildman–Crippen LogP) is 1.07. The van der Waals surface area contributed by atoms with Crippen molar-refractivity contribution in [2.75, 3.05) is 14.1 Å². The van der Waals surface area contributed by atoms with Crippen molar-refractivity contribution in [3.63, 3.8) is 0 Å². The molecular weight excluding hydrogens is 284 g/mol. The molecule has 0 saturated carbocycles. The normalized spacial score (nSPS) is 31.4. The monoisotopic (exact) mass is 304 g/mol. The molecule has 2 fully saturated rings. The fraction of sp³-hybridized carbons (Fsp3) is 0.467. The highest BCUT2D eigenvalue weighted by Gasteiger charge is 2.49. The molecule has 1 aromatic rings. The number of amides is 4. The summed E-state index contributed by atoms with van der Waals surface area (Å²) >= 11 is 0. The minimum absolute atomic E-state index is 0.0350. The Bertz CT molecular complexity index is 621. The van der Waals surface area contributed by atoms with E-state index >= 15 is 0 Å². The van der Waals surface area contributed by atoms with Gasteiger partial charge in [-0.1, -0.05) is 12.1 Å². The van der Waals surface area contributed by atoms with E-state index in [-0.39, 0.29) is 42.0 Å². The van der Waals surface area contributed by atoms with Gasteiger partial charge in [0, 0.05) is 26.1 Å². The van der Waals surface area contributed by atoms with E-state index in [9.17, 15) is 14.7 Å². The molecule has 3 rings (SSSR count). The van der Waals surface area contributed by atoms with Crippen LogP contribution in [0.15, 0.2) is 24.3 Å². The van der Waals surface area contributed by atoms with Crippen LogP contribution in [0.1, 0.15) is 18.5 Å². The third-order valence-corrected chi connectivity index (χ3v) is 4.62. The SMILES string of the molecule is C[C@@H]1NC(=O)N(C)[C@H]2NC(=O)N(C)[C@@H](c3cccc(O)c3)[C@H]12. The lowest BCUT2D eigenvalue weighted by Gasteiger charge is -2.52. The summed E-state index contributed by atoms with van der Waals surface area (Å²) in [5.74, 6) is 0.126. The van der Waals surface area contributed by atoms with Crippen LogP contribution in [-0.2, 0) is 0 Å². The van der Waals surface area contributed by atoms with Crippen molar-refractivity contribution in [2.45, 2.75) is 25.2 Å². The predicted molar refractivity (Wildman–Crippen MR) is 80.2 cm³/mol. The molecule has 4 amide bonds. The van der Waals surface area contributed by atoms with E-state index in [1.54, 1.807) is 37.2 Å². The fourth-order valence-corrected chi connectivity index (χ4v) is 3.46. The number of fused-ring (bicyclic) bond motifs is 1. The molecule has 0 radical (unpaired) electrons. The van der Waals surface area contributed by atoms with Crippen molar-refractivity contribution in [2.24, 2.45) is 5.92 Å². The van der Waals surface area contributed by atoms with Gasteiger partial charge in [0.05, 0.1) is 6.04 Å². The molecule has 1 aromatic carbocycles. The molecule has 0 aromatic heterocycles. The number of aromatic hydroxyl groups is 1. The van der Waals surface area contributed by atoms with Gasteiger partial charge in [0.15, 0.2) is 0 Å². The highest BCUT2D eigenvalue weighted by Crippen LogP contribution is 2.38. The van der Waals surface area contributed by atoms with Gasteiger partial charge >= 0.3 is 12.1 Å². The van der Waals surface area contributed by atoms with Crippen LogP contribution in [0.25, 0.3) is 0 Å². The van der Waals surface area contributed by atoms with Crippen LogP contribution in [0, 0.1) is 5.92 Å². The van der Waals surface area contributed by atoms with Gasteiger partial charge < -0.3 is 25.5 Å². The zero-order valence-corrected chi connectivity index (χ0v) is 12.8. The Kier molecular flexibility index (Phi) is 3.35. The second-order valence-electron chi connectivity index (χ2n) is 5.97. The van der Waals surface area contributed by atoms with E-state index in [0.29, 0.717) is 0 Å². The number of phenolic OH excluding ortho intramolecular Hbond substituents is 1. The number of nitrogens with one attached hydrogen (secondary N) is 2. The van der Waals surface area contributed by atoms with Crippen molar-refractivity contribution in [1.29, 1.82) is 0 Å². The van der Waals surface area contributed by atoms with Gasteiger partial charge in [0.1, 0.15) is 11.9 Å². The van der Waals surface area contributed by atoms with E-state index in [2.05, 4.69) is 10.6 Å². The summed E-state index contributed by atoms with van der Waals surface area (Å²) in [6, 6.07) is 6.14. The van der Waals surface area contributed by atoms with Crippen LogP contribution in [-0.4, -0.2) is 53.3 Å². The summed E-state index contributed by atoms with van der Waals surface area (Å²) in [7, 11) is 3.40. The van der Waals surface area contributed by atoms with Crippen LogP contribution >= 0.6 is 0 Å². The maximum atomic E-state index is 12.3. The second-order valence-corrected chi connectivity index (χ2v) is 5.97. The Morgan fingerprint density at radius 3 is 2.45 bits per heavy atom. The molecule has 0 aliphatic carbocycles. The lowest BCUT2D eigenvalue weighted by molar-refractivity contribution is 0.0247. The topological polar surface area (TPSA) is 84.9 Å². The molecule has 22 heavy (non-hydrogen) atoms. The minimum Gasteiger partial charge on any atom is -0.508 e. The van der Waals surface area contributed by atoms with Crippen LogP contribution in [0.2, 0.25) is 0 Å². The molecule has 0 spiro atoms. The Morgan fingerprint density at radius 1 is 1.09 bits per heavy atom. The number of phenols is 1. The second kappa shape index (κ2) is 5.08. The molecule has 4 atom stereocenters. The van der Waals surface area contributed by atoms with Crippen molar-refractivity contribution >= 4 is 12.1 Å². The van der Waals surface area contributed by atoms with Crippen molar-refractivity contribution in [3.05, 3.63) is 29.8 Å². The average Bonchev–Trinajstić information content (AvgIpc) is 2.47. The molecule has 118 valence electrons. The first kappa shape index (κ1) is 14.5. The number of nitrogens with zero attached hydrogens (tertiary/aromatic N) is 2. The number of rotatable bonds is 1. The van der Waals surface area contributed by atoms with Crippen molar-refractivity contribution in [3.8, 4) is 5.75 Å². The first-order chi connectivity index (χ1) is 10.4. The summed E-state index contributed by atoms with van der Waals surface area (Å²) in [5, 5.41) is 15.6. The van der Waals surface area contributed by atoms with Gasteiger partial charge in [-0.25, -0.2) is 9.59 Å². The largest absolute Gasteiger partial charge is 0.508 e. The van der Waals surface area contributed by atoms with E-state index in [1.165, 1.54) is 4.90 Å². The minimum atomic E-state index is -0.375. The Labute approximate surface area is 128 Å². The molecule has 7 nitrogen and oxygen atoms in total. The Hall–Kier alpha value is -2.44. The van der Waals surface area contributed by atoms with Gasteiger partial charge in [-0.3, -0.25) is 0 Å². The lowest BCUT2D eigenvalue weighted by Crippen LogP contribution is -2.71. The summed E-state index contributed by atoms with van der Waals surface area (Å²) in [4.78, 5) is 27.4. The highest BCUT2D eigenvalue weighted by molar-refractivity contribution is 5.80. The molecular formula is C15H20N4O3. The van der Waals surface area contributed by atoms with Crippen LogP contribution in [0.5, 0.6) is 5.75 Å². The van der Waals surface area contributed by atoms with Crippen molar-refractivity contribution in [1.82, 2.24) is 20.4 Å². The molecule has 3 N–H and O–H groups in total. The highest BCUT2D eigenvalue weighted by atomic mass is 16.3. The summed E-state index contributed by atoms with van der Waals surface area (Å²) in [5.41, 5.74) is 0.851. The van der Waals surface area contributed by atoms with Gasteiger partial charge in [0.25, 0.3) is 0 Å². The third-order valence-electron chi connectivity index (χ3n) is 4.62. The Morgan fingerprint density at radius 2 is 1.77 bits per heavy atom. The molecule has 0 unspecified atom stereocenters. The average molecular weight is 304 g/mol. The number of hydrogen-bond acceptors (Lipinski definition) is 3. The van der Waals surface area contributed by atoms with Gasteiger partial charge in [0.2, 0.25) is 0 Å². The van der Waals surface area contributed by atoms with E-state index in [1.807, 2.05) is 13.0 Å². The zero-order valence-electron chi connectivity index (χ0n) is 12.8. The number of carbonyl (C=O) groups is 2. The smallest absolute Gasteiger partial charge is 0.319 e. The molecule has 0 bridgehead atoms. The van der Waals surface area contributed by atoms with E-state index in [4.69, 9.17) is 0 Å². The van der Waals surface area contributed by atoms with E-state index < -0.39 is 0 Å².